The van der Waals surface area contributed by atoms with Gasteiger partial charge in [0.05, 0.1) is 19.3 Å². The Balaban J connectivity index is 1.62. The number of amides is 1. The minimum Gasteiger partial charge on any atom is -0.497 e. The summed E-state index contributed by atoms with van der Waals surface area (Å²) in [6.07, 6.45) is 0. The number of ether oxygens (including phenoxy) is 1. The predicted molar refractivity (Wildman–Crippen MR) is 128 cm³/mol. The molecule has 9 nitrogen and oxygen atoms in total. The maximum absolute atomic E-state index is 12.4. The summed E-state index contributed by atoms with van der Waals surface area (Å²) >= 11 is 0. The van der Waals surface area contributed by atoms with Crippen LogP contribution in [-0.2, 0) is 4.79 Å². The van der Waals surface area contributed by atoms with Crippen molar-refractivity contribution in [2.75, 3.05) is 88.0 Å². The van der Waals surface area contributed by atoms with E-state index in [1.807, 2.05) is 68.3 Å². The maximum atomic E-state index is 12.4. The van der Waals surface area contributed by atoms with Crippen LogP contribution in [0, 0.1) is 11.3 Å². The van der Waals surface area contributed by atoms with Gasteiger partial charge in [-0.2, -0.15) is 5.26 Å². The van der Waals surface area contributed by atoms with Gasteiger partial charge in [0.25, 0.3) is 0 Å². The van der Waals surface area contributed by atoms with Crippen molar-refractivity contribution in [3.63, 3.8) is 0 Å². The fourth-order valence-corrected chi connectivity index (χ4v) is 3.66. The number of carbonyl (C=O) groups is 1. The molecule has 0 saturated carbocycles. The second-order valence-electron chi connectivity index (χ2n) is 8.14. The van der Waals surface area contributed by atoms with Crippen LogP contribution < -0.4 is 24.8 Å². The van der Waals surface area contributed by atoms with Gasteiger partial charge in [-0.15, -0.1) is 0 Å². The van der Waals surface area contributed by atoms with Gasteiger partial charge in [-0.1, -0.05) is 0 Å². The quantitative estimate of drug-likeness (QED) is 0.702. The number of nitrogens with zero attached hydrogens (tertiary/aromatic N) is 6. The Kier molecular flexibility index (Phi) is 7.38. The standard InChI is InChI=1S/C23H31N7O2/c1-27(2)20-14-21(26-23(28(3)4)19(20)15-24)30-12-10-29(11-13-30)16-22(31)25-17-6-8-18(32-5)9-7-17/h6-9,14H,10-13,16H2,1-5H3,(H,25,31). The van der Waals surface area contributed by atoms with Crippen LogP contribution in [0.1, 0.15) is 5.56 Å². The molecule has 0 bridgehead atoms. The van der Waals surface area contributed by atoms with Crippen LogP contribution in [-0.4, -0.2) is 83.8 Å². The fraction of sp³-hybridized carbons (Fsp3) is 0.435. The Labute approximate surface area is 189 Å². The lowest BCUT2D eigenvalue weighted by Crippen LogP contribution is -2.49. The first-order valence-electron chi connectivity index (χ1n) is 10.5. The highest BCUT2D eigenvalue weighted by atomic mass is 16.5. The number of piperazine rings is 1. The number of carbonyl (C=O) groups excluding carboxylic acids is 1. The molecule has 1 saturated heterocycles. The van der Waals surface area contributed by atoms with E-state index in [1.54, 1.807) is 7.11 Å². The summed E-state index contributed by atoms with van der Waals surface area (Å²) < 4.78 is 5.14. The van der Waals surface area contributed by atoms with Gasteiger partial charge in [-0.05, 0) is 24.3 Å². The average molecular weight is 438 g/mol. The number of nitriles is 1. The number of aromatic nitrogens is 1. The van der Waals surface area contributed by atoms with Crippen molar-refractivity contribution >= 4 is 28.9 Å². The summed E-state index contributed by atoms with van der Waals surface area (Å²) in [6.45, 7) is 3.37. The Morgan fingerprint density at radius 3 is 2.31 bits per heavy atom. The van der Waals surface area contributed by atoms with Crippen molar-refractivity contribution in [1.82, 2.24) is 9.88 Å². The van der Waals surface area contributed by atoms with E-state index in [1.165, 1.54) is 0 Å². The summed E-state index contributed by atoms with van der Waals surface area (Å²) in [5.41, 5.74) is 2.17. The Bertz CT molecular complexity index is 946. The highest BCUT2D eigenvalue weighted by Gasteiger charge is 2.23. The van der Waals surface area contributed by atoms with Gasteiger partial charge in [0.1, 0.15) is 23.2 Å². The number of hydrogen-bond donors (Lipinski definition) is 1. The van der Waals surface area contributed by atoms with Crippen LogP contribution >= 0.6 is 0 Å². The van der Waals surface area contributed by atoms with E-state index in [-0.39, 0.29) is 5.91 Å². The van der Waals surface area contributed by atoms with E-state index >= 15 is 0 Å². The first-order chi connectivity index (χ1) is 15.3. The number of nitrogens with one attached hydrogen (secondary N) is 1. The van der Waals surface area contributed by atoms with Gasteiger partial charge in [0.15, 0.2) is 5.82 Å². The van der Waals surface area contributed by atoms with Crippen LogP contribution in [0.15, 0.2) is 30.3 Å². The Hall–Kier alpha value is -3.51. The molecule has 0 atom stereocenters. The second-order valence-corrected chi connectivity index (χ2v) is 8.14. The number of anilines is 4. The molecule has 2 aromatic rings. The molecule has 0 spiro atoms. The first kappa shape index (κ1) is 23.2. The van der Waals surface area contributed by atoms with E-state index in [2.05, 4.69) is 21.2 Å². The van der Waals surface area contributed by atoms with Gasteiger partial charge < -0.3 is 24.8 Å². The third-order valence-electron chi connectivity index (χ3n) is 5.42. The largest absolute Gasteiger partial charge is 0.497 e. The lowest BCUT2D eigenvalue weighted by Gasteiger charge is -2.36. The van der Waals surface area contributed by atoms with E-state index in [9.17, 15) is 10.1 Å². The van der Waals surface area contributed by atoms with Gasteiger partial charge in [0.2, 0.25) is 5.91 Å². The molecule has 1 aromatic carbocycles. The van der Waals surface area contributed by atoms with E-state index < -0.39 is 0 Å². The Morgan fingerprint density at radius 2 is 1.78 bits per heavy atom. The zero-order chi connectivity index (χ0) is 23.3. The fourth-order valence-electron chi connectivity index (χ4n) is 3.66. The van der Waals surface area contributed by atoms with Crippen LogP contribution in [0.5, 0.6) is 5.75 Å². The third-order valence-corrected chi connectivity index (χ3v) is 5.42. The lowest BCUT2D eigenvalue weighted by atomic mass is 10.2. The van der Waals surface area contributed by atoms with Gasteiger partial charge in [0, 0.05) is 66.1 Å². The van der Waals surface area contributed by atoms with Crippen LogP contribution in [0.2, 0.25) is 0 Å². The zero-order valence-corrected chi connectivity index (χ0v) is 19.4. The molecule has 1 aliphatic rings. The normalized spacial score (nSPS) is 13.9. The van der Waals surface area contributed by atoms with E-state index in [0.29, 0.717) is 17.9 Å². The molecule has 1 aliphatic heterocycles. The Morgan fingerprint density at radius 1 is 1.12 bits per heavy atom. The lowest BCUT2D eigenvalue weighted by molar-refractivity contribution is -0.117. The summed E-state index contributed by atoms with van der Waals surface area (Å²) in [7, 11) is 9.26. The molecule has 1 amide bonds. The SMILES string of the molecule is COc1ccc(NC(=O)CN2CCN(c3cc(N(C)C)c(C#N)c(N(C)C)n3)CC2)cc1. The third kappa shape index (κ3) is 5.39. The summed E-state index contributed by atoms with van der Waals surface area (Å²) in [5.74, 6) is 2.23. The van der Waals surface area contributed by atoms with Crippen molar-refractivity contribution < 1.29 is 9.53 Å². The highest BCUT2D eigenvalue weighted by Crippen LogP contribution is 2.31. The molecule has 170 valence electrons. The topological polar surface area (TPSA) is 88.0 Å². The number of hydrogen-bond acceptors (Lipinski definition) is 8. The zero-order valence-electron chi connectivity index (χ0n) is 19.4. The van der Waals surface area contributed by atoms with Crippen molar-refractivity contribution in [3.8, 4) is 11.8 Å². The van der Waals surface area contributed by atoms with Gasteiger partial charge >= 0.3 is 0 Å². The minimum atomic E-state index is -0.0371. The molecular formula is C23H31N7O2. The van der Waals surface area contributed by atoms with Crippen molar-refractivity contribution in [1.29, 1.82) is 5.26 Å². The van der Waals surface area contributed by atoms with Crippen LogP contribution in [0.4, 0.5) is 23.0 Å². The van der Waals surface area contributed by atoms with Crippen LogP contribution in [0.25, 0.3) is 0 Å². The molecule has 1 fully saturated rings. The molecule has 1 aromatic heterocycles. The number of methoxy groups -OCH3 is 1. The molecule has 0 radical (unpaired) electrons. The van der Waals surface area contributed by atoms with Crippen molar-refractivity contribution in [2.24, 2.45) is 0 Å². The molecule has 2 heterocycles. The van der Waals surface area contributed by atoms with Gasteiger partial charge in [-0.3, -0.25) is 9.69 Å². The molecule has 9 heteroatoms. The number of benzene rings is 1. The molecule has 3 rings (SSSR count). The highest BCUT2D eigenvalue weighted by molar-refractivity contribution is 5.92. The summed E-state index contributed by atoms with van der Waals surface area (Å²) in [5, 5.41) is 12.6. The van der Waals surface area contributed by atoms with E-state index in [0.717, 1.165) is 49.1 Å². The van der Waals surface area contributed by atoms with Crippen molar-refractivity contribution in [2.45, 2.75) is 0 Å². The smallest absolute Gasteiger partial charge is 0.238 e. The molecule has 32 heavy (non-hydrogen) atoms. The predicted octanol–water partition coefficient (Wildman–Crippen LogP) is 1.85. The second kappa shape index (κ2) is 10.2. The monoisotopic (exact) mass is 437 g/mol. The van der Waals surface area contributed by atoms with Crippen LogP contribution in [0.3, 0.4) is 0 Å². The molecule has 0 aliphatic carbocycles. The summed E-state index contributed by atoms with van der Waals surface area (Å²) in [6, 6.07) is 11.6. The number of pyridine rings is 1. The molecule has 0 unspecified atom stereocenters. The summed E-state index contributed by atoms with van der Waals surface area (Å²) in [4.78, 5) is 25.4. The maximum Gasteiger partial charge on any atom is 0.238 e. The molecular weight excluding hydrogens is 406 g/mol. The van der Waals surface area contributed by atoms with E-state index in [4.69, 9.17) is 9.72 Å². The minimum absolute atomic E-state index is 0.0371. The number of rotatable bonds is 7. The van der Waals surface area contributed by atoms with Gasteiger partial charge in [-0.25, -0.2) is 4.98 Å². The molecule has 1 N–H and O–H groups in total. The van der Waals surface area contributed by atoms with Crippen molar-refractivity contribution in [3.05, 3.63) is 35.9 Å². The average Bonchev–Trinajstić information content (AvgIpc) is 2.79. The first-order valence-corrected chi connectivity index (χ1v) is 10.5.